The quantitative estimate of drug-likeness (QED) is 0.893. The summed E-state index contributed by atoms with van der Waals surface area (Å²) < 4.78 is 10.5. The van der Waals surface area contributed by atoms with E-state index in [1.165, 1.54) is 0 Å². The molecule has 1 N–H and O–H groups in total. The van der Waals surface area contributed by atoms with Gasteiger partial charge in [0.15, 0.2) is 0 Å². The van der Waals surface area contributed by atoms with Crippen molar-refractivity contribution in [3.63, 3.8) is 0 Å². The Labute approximate surface area is 113 Å². The number of rotatable bonds is 4. The van der Waals surface area contributed by atoms with Crippen LogP contribution in [0.4, 0.5) is 5.69 Å². The van der Waals surface area contributed by atoms with Gasteiger partial charge in [-0.2, -0.15) is 0 Å². The number of carbonyl (C=O) groups is 1. The first-order chi connectivity index (χ1) is 9.19. The molecule has 2 rings (SSSR count). The number of nitrogens with zero attached hydrogens (tertiary/aromatic N) is 1. The van der Waals surface area contributed by atoms with E-state index < -0.39 is 0 Å². The number of likely N-dealkylation sites (N-methyl/N-ethyl adjacent to an activating group) is 1. The smallest absolute Gasteiger partial charge is 0.244 e. The van der Waals surface area contributed by atoms with Gasteiger partial charge in [-0.25, -0.2) is 0 Å². The molecule has 1 heterocycles. The molecule has 1 unspecified atom stereocenters. The second-order valence-electron chi connectivity index (χ2n) is 4.54. The number of benzene rings is 1. The molecule has 1 amide bonds. The van der Waals surface area contributed by atoms with E-state index >= 15 is 0 Å². The van der Waals surface area contributed by atoms with E-state index in [0.29, 0.717) is 11.5 Å². The fourth-order valence-electron chi connectivity index (χ4n) is 2.35. The molecule has 1 aliphatic rings. The molecule has 1 aromatic carbocycles. The number of hydrogen-bond donors (Lipinski definition) is 1. The number of methoxy groups -OCH3 is 2. The van der Waals surface area contributed by atoms with Crippen molar-refractivity contribution in [1.29, 1.82) is 0 Å². The molecule has 1 aromatic rings. The molecule has 0 bridgehead atoms. The zero-order valence-electron chi connectivity index (χ0n) is 11.6. The molecule has 1 atom stereocenters. The Morgan fingerprint density at radius 2 is 1.84 bits per heavy atom. The normalized spacial score (nSPS) is 19.4. The first-order valence-corrected chi connectivity index (χ1v) is 6.41. The van der Waals surface area contributed by atoms with Gasteiger partial charge in [0.05, 0.1) is 25.9 Å². The molecule has 5 heteroatoms. The fraction of sp³-hybridized carbons (Fsp3) is 0.500. The van der Waals surface area contributed by atoms with E-state index in [0.717, 1.165) is 25.1 Å². The van der Waals surface area contributed by atoms with Crippen molar-refractivity contribution in [2.45, 2.75) is 18.9 Å². The third-order valence-corrected chi connectivity index (χ3v) is 3.43. The summed E-state index contributed by atoms with van der Waals surface area (Å²) in [7, 11) is 5.03. The van der Waals surface area contributed by atoms with Crippen molar-refractivity contribution in [1.82, 2.24) is 5.32 Å². The SMILES string of the molecule is CNC1CCCN(c2cc(OC)cc(OC)c2)C1=O. The van der Waals surface area contributed by atoms with Crippen molar-refractivity contribution < 1.29 is 14.3 Å². The first-order valence-electron chi connectivity index (χ1n) is 6.41. The monoisotopic (exact) mass is 264 g/mol. The third-order valence-electron chi connectivity index (χ3n) is 3.43. The standard InChI is InChI=1S/C14H20N2O3/c1-15-13-5-4-6-16(14(13)17)10-7-11(18-2)9-12(8-10)19-3/h7-9,13,15H,4-6H2,1-3H3. The highest BCUT2D eigenvalue weighted by Gasteiger charge is 2.28. The van der Waals surface area contributed by atoms with Crippen molar-refractivity contribution in [3.05, 3.63) is 18.2 Å². The molecule has 0 aromatic heterocycles. The molecule has 1 saturated heterocycles. The molecule has 0 radical (unpaired) electrons. The summed E-state index contributed by atoms with van der Waals surface area (Å²) in [5, 5.41) is 3.06. The largest absolute Gasteiger partial charge is 0.497 e. The summed E-state index contributed by atoms with van der Waals surface area (Å²) in [5.74, 6) is 1.48. The molecule has 0 aliphatic carbocycles. The van der Waals surface area contributed by atoms with Crippen molar-refractivity contribution in [2.75, 3.05) is 32.7 Å². The number of nitrogens with one attached hydrogen (secondary N) is 1. The predicted octanol–water partition coefficient (Wildman–Crippen LogP) is 1.42. The summed E-state index contributed by atoms with van der Waals surface area (Å²) in [6, 6.07) is 5.41. The first kappa shape index (κ1) is 13.7. The van der Waals surface area contributed by atoms with Crippen molar-refractivity contribution >= 4 is 11.6 Å². The maximum Gasteiger partial charge on any atom is 0.244 e. The van der Waals surface area contributed by atoms with Crippen LogP contribution in [0.2, 0.25) is 0 Å². The molecule has 19 heavy (non-hydrogen) atoms. The van der Waals surface area contributed by atoms with E-state index in [-0.39, 0.29) is 11.9 Å². The molecule has 0 saturated carbocycles. The van der Waals surface area contributed by atoms with Gasteiger partial charge in [0, 0.05) is 24.7 Å². The summed E-state index contributed by atoms with van der Waals surface area (Å²) in [6.45, 7) is 0.729. The Hall–Kier alpha value is -1.75. The number of anilines is 1. The van der Waals surface area contributed by atoms with Gasteiger partial charge >= 0.3 is 0 Å². The maximum absolute atomic E-state index is 12.3. The topological polar surface area (TPSA) is 50.8 Å². The van der Waals surface area contributed by atoms with Crippen LogP contribution in [-0.4, -0.2) is 39.8 Å². The van der Waals surface area contributed by atoms with E-state index in [4.69, 9.17) is 9.47 Å². The number of amides is 1. The molecular formula is C14H20N2O3. The highest BCUT2D eigenvalue weighted by Crippen LogP contribution is 2.30. The lowest BCUT2D eigenvalue weighted by Gasteiger charge is -2.32. The van der Waals surface area contributed by atoms with Gasteiger partial charge in [-0.15, -0.1) is 0 Å². The molecule has 0 spiro atoms. The van der Waals surface area contributed by atoms with Gasteiger partial charge in [-0.05, 0) is 19.9 Å². The Bertz CT molecular complexity index is 440. The van der Waals surface area contributed by atoms with Crippen molar-refractivity contribution in [3.8, 4) is 11.5 Å². The van der Waals surface area contributed by atoms with Gasteiger partial charge in [-0.3, -0.25) is 4.79 Å². The minimum Gasteiger partial charge on any atom is -0.497 e. The number of hydrogen-bond acceptors (Lipinski definition) is 4. The number of carbonyl (C=O) groups excluding carboxylic acids is 1. The Morgan fingerprint density at radius 1 is 1.21 bits per heavy atom. The number of piperidine rings is 1. The van der Waals surface area contributed by atoms with Gasteiger partial charge in [-0.1, -0.05) is 0 Å². The van der Waals surface area contributed by atoms with E-state index in [2.05, 4.69) is 5.32 Å². The lowest BCUT2D eigenvalue weighted by atomic mass is 10.0. The fourth-order valence-corrected chi connectivity index (χ4v) is 2.35. The van der Waals surface area contributed by atoms with E-state index in [1.807, 2.05) is 19.2 Å². The summed E-state index contributed by atoms with van der Waals surface area (Å²) in [4.78, 5) is 14.1. The summed E-state index contributed by atoms with van der Waals surface area (Å²) >= 11 is 0. The van der Waals surface area contributed by atoms with Crippen LogP contribution in [0.5, 0.6) is 11.5 Å². The second kappa shape index (κ2) is 5.93. The van der Waals surface area contributed by atoms with Crippen LogP contribution in [-0.2, 0) is 4.79 Å². The second-order valence-corrected chi connectivity index (χ2v) is 4.54. The Morgan fingerprint density at radius 3 is 2.37 bits per heavy atom. The Balaban J connectivity index is 2.32. The van der Waals surface area contributed by atoms with Crippen LogP contribution < -0.4 is 19.7 Å². The van der Waals surface area contributed by atoms with Gasteiger partial charge in [0.1, 0.15) is 11.5 Å². The maximum atomic E-state index is 12.3. The molecule has 1 aliphatic heterocycles. The molecule has 104 valence electrons. The van der Waals surface area contributed by atoms with Crippen LogP contribution >= 0.6 is 0 Å². The summed E-state index contributed by atoms with van der Waals surface area (Å²) in [6.07, 6.45) is 1.86. The van der Waals surface area contributed by atoms with Crippen LogP contribution in [0.15, 0.2) is 18.2 Å². The zero-order valence-corrected chi connectivity index (χ0v) is 11.6. The highest BCUT2D eigenvalue weighted by atomic mass is 16.5. The van der Waals surface area contributed by atoms with E-state index in [1.54, 1.807) is 25.2 Å². The molecule has 1 fully saturated rings. The van der Waals surface area contributed by atoms with Crippen LogP contribution in [0.3, 0.4) is 0 Å². The summed E-state index contributed by atoms with van der Waals surface area (Å²) in [5.41, 5.74) is 0.821. The minimum absolute atomic E-state index is 0.101. The average molecular weight is 264 g/mol. The molecule has 5 nitrogen and oxygen atoms in total. The number of ether oxygens (including phenoxy) is 2. The van der Waals surface area contributed by atoms with Crippen molar-refractivity contribution in [2.24, 2.45) is 0 Å². The van der Waals surface area contributed by atoms with Gasteiger partial charge < -0.3 is 19.7 Å². The predicted molar refractivity (Wildman–Crippen MR) is 74.0 cm³/mol. The van der Waals surface area contributed by atoms with Gasteiger partial charge in [0.2, 0.25) is 5.91 Å². The lowest BCUT2D eigenvalue weighted by Crippen LogP contribution is -2.49. The zero-order chi connectivity index (χ0) is 13.8. The Kier molecular flexibility index (Phi) is 4.27. The minimum atomic E-state index is -0.106. The highest BCUT2D eigenvalue weighted by molar-refractivity contribution is 5.98. The van der Waals surface area contributed by atoms with E-state index in [9.17, 15) is 4.79 Å². The third kappa shape index (κ3) is 2.81. The van der Waals surface area contributed by atoms with Crippen LogP contribution in [0.1, 0.15) is 12.8 Å². The van der Waals surface area contributed by atoms with Crippen LogP contribution in [0.25, 0.3) is 0 Å². The van der Waals surface area contributed by atoms with Gasteiger partial charge in [0.25, 0.3) is 0 Å². The average Bonchev–Trinajstić information content (AvgIpc) is 2.46. The lowest BCUT2D eigenvalue weighted by molar-refractivity contribution is -0.121. The van der Waals surface area contributed by atoms with Crippen LogP contribution in [0, 0.1) is 0 Å². The molecular weight excluding hydrogens is 244 g/mol.